The van der Waals surface area contributed by atoms with E-state index in [0.717, 1.165) is 6.42 Å². The van der Waals surface area contributed by atoms with Gasteiger partial charge in [0, 0.05) is 6.04 Å². The number of nitrogens with two attached hydrogens (primary N) is 1. The van der Waals surface area contributed by atoms with Crippen LogP contribution < -0.4 is 11.1 Å². The predicted octanol–water partition coefficient (Wildman–Crippen LogP) is 2.60. The molecule has 1 aliphatic rings. The second kappa shape index (κ2) is 6.59. The average Bonchev–Trinajstić information content (AvgIpc) is 2.36. The van der Waals surface area contributed by atoms with E-state index in [1.165, 1.54) is 0 Å². The molecule has 1 amide bonds. The fraction of sp³-hybridized carbons (Fsp3) is 0.923. The van der Waals surface area contributed by atoms with Gasteiger partial charge < -0.3 is 11.1 Å². The van der Waals surface area contributed by atoms with Gasteiger partial charge in [-0.1, -0.05) is 20.3 Å². The second-order valence-corrected chi connectivity index (χ2v) is 5.51. The van der Waals surface area contributed by atoms with Crippen molar-refractivity contribution in [3.63, 3.8) is 0 Å². The van der Waals surface area contributed by atoms with E-state index in [0.29, 0.717) is 12.8 Å². The van der Waals surface area contributed by atoms with Crippen molar-refractivity contribution < 1.29 is 18.0 Å². The van der Waals surface area contributed by atoms with Crippen molar-refractivity contribution in [2.75, 3.05) is 0 Å². The van der Waals surface area contributed by atoms with Crippen molar-refractivity contribution in [2.24, 2.45) is 17.6 Å². The van der Waals surface area contributed by atoms with Crippen LogP contribution in [0.25, 0.3) is 0 Å². The SMILES string of the molecule is CC[C@H](C)[C@H](N)C(=O)NC1CCC(C(F)(F)F)CC1. The average molecular weight is 280 g/mol. The molecule has 0 bridgehead atoms. The molecule has 0 aromatic heterocycles. The summed E-state index contributed by atoms with van der Waals surface area (Å²) in [5.74, 6) is -1.39. The van der Waals surface area contributed by atoms with Gasteiger partial charge in [-0.3, -0.25) is 4.79 Å². The highest BCUT2D eigenvalue weighted by Gasteiger charge is 2.41. The van der Waals surface area contributed by atoms with E-state index < -0.39 is 18.1 Å². The third kappa shape index (κ3) is 4.67. The number of amides is 1. The minimum atomic E-state index is -4.11. The molecule has 1 saturated carbocycles. The summed E-state index contributed by atoms with van der Waals surface area (Å²) in [6, 6.07) is -0.744. The summed E-state index contributed by atoms with van der Waals surface area (Å²) in [6.07, 6.45) is -2.37. The Morgan fingerprint density at radius 2 is 1.84 bits per heavy atom. The molecular formula is C13H23F3N2O. The first kappa shape index (κ1) is 16.3. The number of halogens is 3. The highest BCUT2D eigenvalue weighted by molar-refractivity contribution is 5.82. The molecule has 0 unspecified atom stereocenters. The van der Waals surface area contributed by atoms with Crippen LogP contribution in [0, 0.1) is 11.8 Å². The van der Waals surface area contributed by atoms with E-state index in [2.05, 4.69) is 5.32 Å². The zero-order chi connectivity index (χ0) is 14.6. The van der Waals surface area contributed by atoms with Crippen LogP contribution in [0.3, 0.4) is 0 Å². The number of hydrogen-bond donors (Lipinski definition) is 2. The smallest absolute Gasteiger partial charge is 0.352 e. The molecule has 6 heteroatoms. The van der Waals surface area contributed by atoms with Gasteiger partial charge in [0.2, 0.25) is 5.91 Å². The lowest BCUT2D eigenvalue weighted by atomic mass is 9.85. The van der Waals surface area contributed by atoms with Gasteiger partial charge in [0.15, 0.2) is 0 Å². The normalized spacial score (nSPS) is 27.7. The van der Waals surface area contributed by atoms with Gasteiger partial charge in [0.25, 0.3) is 0 Å². The minimum absolute atomic E-state index is 0.0755. The molecular weight excluding hydrogens is 257 g/mol. The van der Waals surface area contributed by atoms with Crippen LogP contribution in [-0.2, 0) is 4.79 Å². The van der Waals surface area contributed by atoms with Crippen molar-refractivity contribution in [1.29, 1.82) is 0 Å². The summed E-state index contributed by atoms with van der Waals surface area (Å²) >= 11 is 0. The molecule has 0 saturated heterocycles. The largest absolute Gasteiger partial charge is 0.391 e. The molecule has 1 fully saturated rings. The maximum absolute atomic E-state index is 12.5. The summed E-state index contributed by atoms with van der Waals surface area (Å²) in [5, 5.41) is 2.77. The number of nitrogens with one attached hydrogen (secondary N) is 1. The van der Waals surface area contributed by atoms with Crippen molar-refractivity contribution in [2.45, 2.75) is 64.2 Å². The minimum Gasteiger partial charge on any atom is -0.352 e. The van der Waals surface area contributed by atoms with Crippen LogP contribution in [0.1, 0.15) is 46.0 Å². The van der Waals surface area contributed by atoms with Crippen molar-refractivity contribution in [3.05, 3.63) is 0 Å². The number of hydrogen-bond acceptors (Lipinski definition) is 2. The van der Waals surface area contributed by atoms with E-state index in [1.807, 2.05) is 13.8 Å². The van der Waals surface area contributed by atoms with Gasteiger partial charge in [-0.15, -0.1) is 0 Å². The maximum Gasteiger partial charge on any atom is 0.391 e. The molecule has 0 radical (unpaired) electrons. The highest BCUT2D eigenvalue weighted by atomic mass is 19.4. The van der Waals surface area contributed by atoms with E-state index in [9.17, 15) is 18.0 Å². The van der Waals surface area contributed by atoms with Crippen LogP contribution in [0.4, 0.5) is 13.2 Å². The van der Waals surface area contributed by atoms with Gasteiger partial charge >= 0.3 is 6.18 Å². The summed E-state index contributed by atoms with van der Waals surface area (Å²) in [7, 11) is 0. The van der Waals surface area contributed by atoms with Crippen LogP contribution in [0.2, 0.25) is 0 Å². The van der Waals surface area contributed by atoms with Crippen LogP contribution in [0.15, 0.2) is 0 Å². The Kier molecular flexibility index (Phi) is 5.64. The van der Waals surface area contributed by atoms with Gasteiger partial charge in [0.1, 0.15) is 0 Å². The van der Waals surface area contributed by atoms with Crippen LogP contribution >= 0.6 is 0 Å². The molecule has 112 valence electrons. The fourth-order valence-electron chi connectivity index (χ4n) is 2.37. The lowest BCUT2D eigenvalue weighted by molar-refractivity contribution is -0.182. The molecule has 0 heterocycles. The Labute approximate surface area is 112 Å². The van der Waals surface area contributed by atoms with Gasteiger partial charge in [-0.2, -0.15) is 13.2 Å². The quantitative estimate of drug-likeness (QED) is 0.831. The Bertz CT molecular complexity index is 299. The third-order valence-corrected chi connectivity index (χ3v) is 4.10. The number of alkyl halides is 3. The van der Waals surface area contributed by atoms with Crippen molar-refractivity contribution >= 4 is 5.91 Å². The third-order valence-electron chi connectivity index (χ3n) is 4.10. The topological polar surface area (TPSA) is 55.1 Å². The van der Waals surface area contributed by atoms with E-state index in [-0.39, 0.29) is 30.7 Å². The molecule has 0 spiro atoms. The van der Waals surface area contributed by atoms with E-state index >= 15 is 0 Å². The molecule has 0 aromatic rings. The molecule has 19 heavy (non-hydrogen) atoms. The molecule has 0 aliphatic heterocycles. The Hall–Kier alpha value is -0.780. The van der Waals surface area contributed by atoms with E-state index in [4.69, 9.17) is 5.73 Å². The van der Waals surface area contributed by atoms with Gasteiger partial charge in [-0.05, 0) is 31.6 Å². The summed E-state index contributed by atoms with van der Waals surface area (Å²) in [5.41, 5.74) is 5.79. The first-order valence-corrected chi connectivity index (χ1v) is 6.88. The van der Waals surface area contributed by atoms with Gasteiger partial charge in [0.05, 0.1) is 12.0 Å². The fourth-order valence-corrected chi connectivity index (χ4v) is 2.37. The lowest BCUT2D eigenvalue weighted by Gasteiger charge is -2.31. The zero-order valence-electron chi connectivity index (χ0n) is 11.5. The number of carbonyl (C=O) groups excluding carboxylic acids is 1. The lowest BCUT2D eigenvalue weighted by Crippen LogP contribution is -2.49. The molecule has 1 aliphatic carbocycles. The van der Waals surface area contributed by atoms with Crippen molar-refractivity contribution in [3.8, 4) is 0 Å². The maximum atomic E-state index is 12.5. The molecule has 3 N–H and O–H groups in total. The first-order chi connectivity index (χ1) is 8.75. The van der Waals surface area contributed by atoms with Crippen LogP contribution in [0.5, 0.6) is 0 Å². The molecule has 2 atom stereocenters. The molecule has 1 rings (SSSR count). The Balaban J connectivity index is 2.39. The van der Waals surface area contributed by atoms with E-state index in [1.54, 1.807) is 0 Å². The molecule has 3 nitrogen and oxygen atoms in total. The summed E-state index contributed by atoms with van der Waals surface area (Å²) in [6.45, 7) is 3.84. The van der Waals surface area contributed by atoms with Gasteiger partial charge in [-0.25, -0.2) is 0 Å². The van der Waals surface area contributed by atoms with Crippen molar-refractivity contribution in [1.82, 2.24) is 5.32 Å². The molecule has 0 aromatic carbocycles. The summed E-state index contributed by atoms with van der Waals surface area (Å²) in [4.78, 5) is 11.8. The zero-order valence-corrected chi connectivity index (χ0v) is 11.5. The standard InChI is InChI=1S/C13H23F3N2O/c1-3-8(2)11(17)12(19)18-10-6-4-9(5-7-10)13(14,15)16/h8-11H,3-7,17H2,1-2H3,(H,18,19)/t8-,9?,10?,11-/m0/s1. The Morgan fingerprint density at radius 3 is 2.26 bits per heavy atom. The summed E-state index contributed by atoms with van der Waals surface area (Å²) < 4.78 is 37.5. The monoisotopic (exact) mass is 280 g/mol. The predicted molar refractivity (Wildman–Crippen MR) is 67.4 cm³/mol. The number of carbonyl (C=O) groups is 1. The van der Waals surface area contributed by atoms with Crippen LogP contribution in [-0.4, -0.2) is 24.2 Å². The number of rotatable bonds is 4. The Morgan fingerprint density at radius 1 is 1.32 bits per heavy atom. The highest BCUT2D eigenvalue weighted by Crippen LogP contribution is 2.37. The second-order valence-electron chi connectivity index (χ2n) is 5.51. The first-order valence-electron chi connectivity index (χ1n) is 6.88.